The summed E-state index contributed by atoms with van der Waals surface area (Å²) in [5, 5.41) is 2.18. The van der Waals surface area contributed by atoms with E-state index in [2.05, 4.69) is 24.3 Å². The monoisotopic (exact) mass is 297 g/mol. The number of benzene rings is 2. The van der Waals surface area contributed by atoms with Crippen molar-refractivity contribution in [2.24, 2.45) is 4.99 Å². The minimum absolute atomic E-state index is 0.252. The number of para-hydroxylation sites is 1. The van der Waals surface area contributed by atoms with E-state index in [1.807, 2.05) is 36.4 Å². The molecule has 0 radical (unpaired) electrons. The fraction of sp³-hybridized carbons (Fsp3) is 0.143. The maximum absolute atomic E-state index is 12.6. The molecular formula is C21H15NO. The number of carbonyl (C=O) groups excluding carboxylic acids is 1. The minimum atomic E-state index is 0.252. The zero-order valence-corrected chi connectivity index (χ0v) is 12.6. The summed E-state index contributed by atoms with van der Waals surface area (Å²) in [4.78, 5) is 17.4. The summed E-state index contributed by atoms with van der Waals surface area (Å²) in [5.74, 6) is 0.517. The second-order valence-corrected chi connectivity index (χ2v) is 6.37. The van der Waals surface area contributed by atoms with E-state index in [1.54, 1.807) is 0 Å². The number of nitrogens with zero attached hydrogens (tertiary/aromatic N) is 1. The van der Waals surface area contributed by atoms with Gasteiger partial charge in [-0.05, 0) is 35.6 Å². The SMILES string of the molecule is O=C1CC(c2ccccc2)CC2=C3N=c4ccccc4=C3C=C12. The highest BCUT2D eigenvalue weighted by Crippen LogP contribution is 2.44. The predicted octanol–water partition coefficient (Wildman–Crippen LogP) is 2.81. The molecule has 0 N–H and O–H groups in total. The molecule has 1 fully saturated rings. The van der Waals surface area contributed by atoms with Gasteiger partial charge in [-0.2, -0.15) is 0 Å². The van der Waals surface area contributed by atoms with E-state index >= 15 is 0 Å². The lowest BCUT2D eigenvalue weighted by atomic mass is 9.78. The Kier molecular flexibility index (Phi) is 2.57. The van der Waals surface area contributed by atoms with Crippen LogP contribution < -0.4 is 10.6 Å². The Morgan fingerprint density at radius 3 is 2.57 bits per heavy atom. The van der Waals surface area contributed by atoms with Gasteiger partial charge in [0.2, 0.25) is 0 Å². The van der Waals surface area contributed by atoms with Gasteiger partial charge in [-0.1, -0.05) is 48.5 Å². The Hall–Kier alpha value is -2.74. The average Bonchev–Trinajstić information content (AvgIpc) is 3.13. The van der Waals surface area contributed by atoms with Gasteiger partial charge in [0.05, 0.1) is 11.1 Å². The molecule has 5 rings (SSSR count). The lowest BCUT2D eigenvalue weighted by Crippen LogP contribution is -2.22. The lowest BCUT2D eigenvalue weighted by Gasteiger charge is -2.24. The first kappa shape index (κ1) is 12.8. The second kappa shape index (κ2) is 4.63. The van der Waals surface area contributed by atoms with Crippen LogP contribution in [0.2, 0.25) is 0 Å². The van der Waals surface area contributed by atoms with Crippen LogP contribution in [0.1, 0.15) is 24.3 Å². The maximum Gasteiger partial charge on any atom is 0.163 e. The number of ketones is 1. The Morgan fingerprint density at radius 2 is 1.70 bits per heavy atom. The molecule has 2 aromatic rings. The maximum atomic E-state index is 12.6. The molecule has 0 amide bonds. The molecule has 0 aromatic heterocycles. The molecule has 110 valence electrons. The second-order valence-electron chi connectivity index (χ2n) is 6.37. The van der Waals surface area contributed by atoms with Gasteiger partial charge in [-0.15, -0.1) is 0 Å². The molecule has 0 bridgehead atoms. The van der Waals surface area contributed by atoms with Gasteiger partial charge in [-0.25, -0.2) is 4.99 Å². The van der Waals surface area contributed by atoms with Crippen LogP contribution in [0.15, 0.2) is 82.5 Å². The lowest BCUT2D eigenvalue weighted by molar-refractivity contribution is -0.116. The van der Waals surface area contributed by atoms with Crippen molar-refractivity contribution in [3.8, 4) is 0 Å². The Bertz CT molecular complexity index is 1030. The minimum Gasteiger partial charge on any atom is -0.294 e. The van der Waals surface area contributed by atoms with Crippen molar-refractivity contribution in [3.63, 3.8) is 0 Å². The van der Waals surface area contributed by atoms with Crippen LogP contribution >= 0.6 is 0 Å². The Labute approximate surface area is 134 Å². The zero-order valence-electron chi connectivity index (χ0n) is 12.6. The number of hydrogen-bond acceptors (Lipinski definition) is 2. The van der Waals surface area contributed by atoms with Crippen LogP contribution in [0.3, 0.4) is 0 Å². The van der Waals surface area contributed by atoms with E-state index in [1.165, 1.54) is 5.56 Å². The molecule has 1 atom stereocenters. The third kappa shape index (κ3) is 1.81. The number of carbonyl (C=O) groups is 1. The van der Waals surface area contributed by atoms with E-state index in [-0.39, 0.29) is 11.7 Å². The van der Waals surface area contributed by atoms with Gasteiger partial charge >= 0.3 is 0 Å². The highest BCUT2D eigenvalue weighted by Gasteiger charge is 2.35. The Balaban J connectivity index is 1.67. The van der Waals surface area contributed by atoms with Crippen molar-refractivity contribution in [1.29, 1.82) is 0 Å². The molecule has 2 nitrogen and oxygen atoms in total. The summed E-state index contributed by atoms with van der Waals surface area (Å²) >= 11 is 0. The summed E-state index contributed by atoms with van der Waals surface area (Å²) < 4.78 is 0. The molecule has 2 aliphatic carbocycles. The van der Waals surface area contributed by atoms with Crippen LogP contribution in [0, 0.1) is 0 Å². The third-order valence-electron chi connectivity index (χ3n) is 5.03. The molecule has 0 saturated heterocycles. The van der Waals surface area contributed by atoms with Crippen LogP contribution in [-0.4, -0.2) is 5.78 Å². The van der Waals surface area contributed by atoms with Crippen LogP contribution in [-0.2, 0) is 4.79 Å². The topological polar surface area (TPSA) is 29.4 Å². The van der Waals surface area contributed by atoms with Gasteiger partial charge in [0.25, 0.3) is 0 Å². The number of rotatable bonds is 1. The average molecular weight is 297 g/mol. The molecule has 1 unspecified atom stereocenters. The fourth-order valence-electron chi connectivity index (χ4n) is 3.91. The summed E-state index contributed by atoms with van der Waals surface area (Å²) in [5.41, 5.74) is 5.43. The molecule has 0 spiro atoms. The molecule has 1 saturated carbocycles. The zero-order chi connectivity index (χ0) is 15.4. The van der Waals surface area contributed by atoms with Crippen molar-refractivity contribution in [3.05, 3.63) is 93.7 Å². The van der Waals surface area contributed by atoms with E-state index in [9.17, 15) is 4.79 Å². The first-order chi connectivity index (χ1) is 11.3. The molecule has 3 aliphatic rings. The van der Waals surface area contributed by atoms with Crippen molar-refractivity contribution in [2.75, 3.05) is 0 Å². The van der Waals surface area contributed by atoms with Crippen LogP contribution in [0.4, 0.5) is 0 Å². The van der Waals surface area contributed by atoms with E-state index < -0.39 is 0 Å². The van der Waals surface area contributed by atoms with Crippen molar-refractivity contribution in [2.45, 2.75) is 18.8 Å². The highest BCUT2D eigenvalue weighted by molar-refractivity contribution is 6.07. The number of Topliss-reactive ketones (excluding diaryl/α,β-unsaturated/α-hetero) is 1. The standard InChI is InChI=1S/C21H15NO/c23-20-11-14(13-6-2-1-3-7-13)10-17-16(20)12-18-15-8-4-5-9-19(15)22-21(17)18/h1-9,12,14H,10-11H2. The van der Waals surface area contributed by atoms with Gasteiger partial charge < -0.3 is 0 Å². The summed E-state index contributed by atoms with van der Waals surface area (Å²) in [7, 11) is 0. The van der Waals surface area contributed by atoms with E-state index in [4.69, 9.17) is 4.99 Å². The number of fused-ring (bicyclic) bond motifs is 3. The van der Waals surface area contributed by atoms with Gasteiger partial charge in [0.1, 0.15) is 0 Å². The van der Waals surface area contributed by atoms with Gasteiger partial charge in [0, 0.05) is 22.8 Å². The third-order valence-corrected chi connectivity index (χ3v) is 5.03. The molecule has 2 aromatic carbocycles. The molecule has 1 aliphatic heterocycles. The smallest absolute Gasteiger partial charge is 0.163 e. The fourth-order valence-corrected chi connectivity index (χ4v) is 3.91. The van der Waals surface area contributed by atoms with Crippen molar-refractivity contribution < 1.29 is 4.79 Å². The first-order valence-corrected chi connectivity index (χ1v) is 8.03. The van der Waals surface area contributed by atoms with E-state index in [0.717, 1.165) is 39.4 Å². The highest BCUT2D eigenvalue weighted by atomic mass is 16.1. The molecule has 1 heterocycles. The quantitative estimate of drug-likeness (QED) is 0.796. The van der Waals surface area contributed by atoms with Crippen LogP contribution in [0.25, 0.3) is 5.57 Å². The summed E-state index contributed by atoms with van der Waals surface area (Å²) in [6.45, 7) is 0. The van der Waals surface area contributed by atoms with Crippen molar-refractivity contribution >= 4 is 11.4 Å². The predicted molar refractivity (Wildman–Crippen MR) is 89.2 cm³/mol. The molecule has 23 heavy (non-hydrogen) atoms. The summed E-state index contributed by atoms with van der Waals surface area (Å²) in [6, 6.07) is 18.5. The van der Waals surface area contributed by atoms with Crippen LogP contribution in [0.5, 0.6) is 0 Å². The van der Waals surface area contributed by atoms with Gasteiger partial charge in [-0.3, -0.25) is 4.79 Å². The first-order valence-electron chi connectivity index (χ1n) is 8.03. The van der Waals surface area contributed by atoms with Gasteiger partial charge in [0.15, 0.2) is 5.78 Å². The Morgan fingerprint density at radius 1 is 0.913 bits per heavy atom. The van der Waals surface area contributed by atoms with Crippen molar-refractivity contribution in [1.82, 2.24) is 0 Å². The van der Waals surface area contributed by atoms with E-state index in [0.29, 0.717) is 6.42 Å². The molecular weight excluding hydrogens is 282 g/mol. The normalized spacial score (nSPS) is 21.6. The largest absolute Gasteiger partial charge is 0.294 e. The number of allylic oxidation sites excluding steroid dienone is 3. The number of hydrogen-bond donors (Lipinski definition) is 0. The molecule has 2 heteroatoms. The summed E-state index contributed by atoms with van der Waals surface area (Å²) in [6.07, 6.45) is 3.56.